The van der Waals surface area contributed by atoms with E-state index in [-0.39, 0.29) is 52.7 Å². The molecule has 18 heteroatoms. The van der Waals surface area contributed by atoms with Gasteiger partial charge in [-0.25, -0.2) is 0 Å². The van der Waals surface area contributed by atoms with Gasteiger partial charge in [0.1, 0.15) is 36.3 Å². The Balaban J connectivity index is 1.79. The molecule has 1 N–H and O–H groups in total. The molecule has 0 aliphatic carbocycles. The molecule has 2 bridgehead atoms. The number of methoxy groups -OCH3 is 1. The summed E-state index contributed by atoms with van der Waals surface area (Å²) in [6.45, 7) is 35.7. The van der Waals surface area contributed by atoms with Gasteiger partial charge in [-0.3, -0.25) is 9.59 Å². The average Bonchev–Trinajstić information content (AvgIpc) is 3.35. The second-order valence-corrected chi connectivity index (χ2v) is 34.8. The van der Waals surface area contributed by atoms with E-state index in [1.54, 1.807) is 21.0 Å². The van der Waals surface area contributed by atoms with Crippen LogP contribution in [0.25, 0.3) is 0 Å². The molecule has 3 saturated heterocycles. The summed E-state index contributed by atoms with van der Waals surface area (Å²) >= 11 is 1.53. The highest BCUT2D eigenvalue weighted by Gasteiger charge is 2.55. The quantitative estimate of drug-likeness (QED) is 0.0938. The number of aliphatic hydroxyl groups excluding tert-OH is 1. The van der Waals surface area contributed by atoms with Gasteiger partial charge in [0.15, 0.2) is 35.3 Å². The lowest BCUT2D eigenvalue weighted by atomic mass is 9.83. The molecule has 0 saturated carbocycles. The van der Waals surface area contributed by atoms with Gasteiger partial charge in [-0.05, 0) is 103 Å². The largest absolute Gasteiger partial charge is 0.462 e. The van der Waals surface area contributed by atoms with Crippen molar-refractivity contribution in [3.05, 3.63) is 24.3 Å². The SMILES string of the molecule is CO[C@@H]1[C@@H](O[C@@H]2O[C@H](C)[C@@H](O[C@H]3C[C@@](C)(OCSC)[C@@H](OC(=O)C(C)C)[C@H](C)O3)[C@H](N(C)C)[C@H]2O)[C@H]2CC(O[Si](C)(C)C(C)(C)C)O[C@@H]1CC(=O)O[C@H](C)C/C=C/C=C/[C@H](O[Si](C)(C)C(C)(C)C)[C@H](C)C2. The minimum atomic E-state index is -2.45. The molecule has 0 radical (unpaired) electrons. The van der Waals surface area contributed by atoms with Crippen molar-refractivity contribution in [1.29, 1.82) is 0 Å². The molecule has 15 nitrogen and oxygen atoms in total. The maximum atomic E-state index is 13.9. The number of esters is 2. The summed E-state index contributed by atoms with van der Waals surface area (Å²) in [5.74, 6) is -1.02. The Morgan fingerprint density at radius 2 is 1.52 bits per heavy atom. The summed E-state index contributed by atoms with van der Waals surface area (Å²) in [7, 11) is 0.668. The van der Waals surface area contributed by atoms with E-state index in [4.69, 9.17) is 51.5 Å². The maximum absolute atomic E-state index is 13.9. The molecule has 0 aromatic rings. The molecule has 1 unspecified atom stereocenters. The van der Waals surface area contributed by atoms with Crippen molar-refractivity contribution in [3.63, 3.8) is 0 Å². The van der Waals surface area contributed by atoms with Gasteiger partial charge < -0.3 is 61.5 Å². The Kier molecular flexibility index (Phi) is 22.6. The number of carbonyl (C=O) groups excluding carboxylic acids is 2. The number of hydrogen-bond donors (Lipinski definition) is 1. The number of fused-ring (bicyclic) bond motifs is 3. The number of allylic oxidation sites excluding steroid dienone is 2. The zero-order valence-electron chi connectivity index (χ0n) is 47.5. The van der Waals surface area contributed by atoms with Crippen molar-refractivity contribution < 1.29 is 66.2 Å². The van der Waals surface area contributed by atoms with Crippen molar-refractivity contribution in [2.45, 2.75) is 250 Å². The fourth-order valence-electron chi connectivity index (χ4n) is 9.56. The standard InChI is InChI=1S/C53H97NO14SSi2/c1-32(2)49(57)66-48-36(6)61-42(30-53(48,13)59-31-69-17)64-45-35(5)62-50(44(56)43(45)54(14)15)65-46-37-27-33(3)38(67-70(18,19)51(7,8)9)26-24-22-23-25-34(4)60-40(55)29-39(47(46)58-16)63-41(28-37)68-71(20,21)52(10,11)12/h22-24,26,32-39,41-48,50,56H,25,27-31H2,1-21H3/b23-22+,26-24+/t33-,34-,35-,36+,37-,38+,39-,41?,42+,43-,44-,45-,46+,47+,48+,50+,53-/m1/s1. The first-order valence-corrected chi connectivity index (χ1v) is 33.3. The third kappa shape index (κ3) is 16.4. The molecule has 4 aliphatic heterocycles. The highest BCUT2D eigenvalue weighted by atomic mass is 32.2. The summed E-state index contributed by atoms with van der Waals surface area (Å²) in [4.78, 5) is 28.7. The highest BCUT2D eigenvalue weighted by Crippen LogP contribution is 2.45. The van der Waals surface area contributed by atoms with Crippen molar-refractivity contribution in [1.82, 2.24) is 4.90 Å². The molecule has 0 amide bonds. The maximum Gasteiger partial charge on any atom is 0.308 e. The first-order valence-electron chi connectivity index (χ1n) is 26.1. The molecule has 0 spiro atoms. The number of cyclic esters (lactones) is 1. The predicted octanol–water partition coefficient (Wildman–Crippen LogP) is 9.61. The Morgan fingerprint density at radius 1 is 0.887 bits per heavy atom. The minimum Gasteiger partial charge on any atom is -0.462 e. The summed E-state index contributed by atoms with van der Waals surface area (Å²) in [5.41, 5.74) is -0.930. The summed E-state index contributed by atoms with van der Waals surface area (Å²) < 4.78 is 73.6. The molecule has 4 rings (SSSR count). The van der Waals surface area contributed by atoms with Gasteiger partial charge in [0, 0.05) is 26.4 Å². The summed E-state index contributed by atoms with van der Waals surface area (Å²) in [6, 6.07) is -0.633. The second kappa shape index (κ2) is 25.7. The molecule has 3 fully saturated rings. The van der Waals surface area contributed by atoms with E-state index in [1.165, 1.54) is 11.8 Å². The van der Waals surface area contributed by atoms with Gasteiger partial charge in [-0.2, -0.15) is 0 Å². The van der Waals surface area contributed by atoms with Crippen LogP contribution in [0.5, 0.6) is 0 Å². The number of ether oxygens (including phenoxy) is 9. The highest BCUT2D eigenvalue weighted by molar-refractivity contribution is 7.98. The van der Waals surface area contributed by atoms with Crippen LogP contribution in [-0.4, -0.2) is 164 Å². The van der Waals surface area contributed by atoms with Crippen LogP contribution in [0, 0.1) is 17.8 Å². The Bertz CT molecular complexity index is 1760. The molecule has 412 valence electrons. The van der Waals surface area contributed by atoms with Crippen LogP contribution in [0.3, 0.4) is 0 Å². The zero-order chi connectivity index (χ0) is 53.6. The van der Waals surface area contributed by atoms with E-state index in [2.05, 4.69) is 80.7 Å². The van der Waals surface area contributed by atoms with Gasteiger partial charge >= 0.3 is 11.9 Å². The van der Waals surface area contributed by atoms with Gasteiger partial charge in [0.05, 0.1) is 54.8 Å². The minimum absolute atomic E-state index is 0.0235. The predicted molar refractivity (Wildman–Crippen MR) is 284 cm³/mol. The van der Waals surface area contributed by atoms with Crippen LogP contribution in [-0.2, 0) is 61.1 Å². The van der Waals surface area contributed by atoms with E-state index in [0.29, 0.717) is 25.2 Å². The number of rotatable bonds is 15. The normalized spacial score (nSPS) is 38.5. The first-order chi connectivity index (χ1) is 32.7. The lowest BCUT2D eigenvalue weighted by Crippen LogP contribution is -2.66. The summed E-state index contributed by atoms with van der Waals surface area (Å²) in [5, 5.41) is 12.4. The Morgan fingerprint density at radius 3 is 2.10 bits per heavy atom. The third-order valence-electron chi connectivity index (χ3n) is 15.8. The molecule has 4 heterocycles. The lowest BCUT2D eigenvalue weighted by molar-refractivity contribution is -0.345. The monoisotopic (exact) mass is 1060 g/mol. The Hall–Kier alpha value is -1.24. The van der Waals surface area contributed by atoms with Crippen molar-refractivity contribution in [2.24, 2.45) is 17.8 Å². The molecule has 71 heavy (non-hydrogen) atoms. The van der Waals surface area contributed by atoms with E-state index in [0.717, 1.165) is 0 Å². The smallest absolute Gasteiger partial charge is 0.308 e. The molecule has 4 aliphatic rings. The number of likely N-dealkylation sites (N-methyl/N-ethyl adjacent to an activating group) is 1. The fraction of sp³-hybridized carbons (Fsp3) is 0.887. The Labute approximate surface area is 435 Å². The van der Waals surface area contributed by atoms with Gasteiger partial charge in [0.2, 0.25) is 0 Å². The number of aliphatic hydroxyl groups is 1. The number of thioether (sulfide) groups is 1. The second-order valence-electron chi connectivity index (χ2n) is 24.5. The van der Waals surface area contributed by atoms with Gasteiger partial charge in [-0.15, -0.1) is 11.8 Å². The number of carbonyl (C=O) groups is 2. The van der Waals surface area contributed by atoms with Crippen molar-refractivity contribution in [2.75, 3.05) is 33.4 Å². The molecule has 0 aromatic carbocycles. The average molecular weight is 1060 g/mol. The van der Waals surface area contributed by atoms with Crippen molar-refractivity contribution in [3.8, 4) is 0 Å². The van der Waals surface area contributed by atoms with Crippen LogP contribution in [0.4, 0.5) is 0 Å². The van der Waals surface area contributed by atoms with Crippen LogP contribution >= 0.6 is 11.8 Å². The van der Waals surface area contributed by atoms with E-state index in [9.17, 15) is 14.7 Å². The van der Waals surface area contributed by atoms with Crippen LogP contribution < -0.4 is 0 Å². The van der Waals surface area contributed by atoms with Crippen LogP contribution in [0.2, 0.25) is 36.3 Å². The molecule has 0 aromatic heterocycles. The fourth-order valence-corrected chi connectivity index (χ4v) is 12.4. The van der Waals surface area contributed by atoms with Gasteiger partial charge in [-0.1, -0.05) is 86.6 Å². The van der Waals surface area contributed by atoms with Crippen LogP contribution in [0.15, 0.2) is 24.3 Å². The topological polar surface area (TPSA) is 159 Å². The van der Waals surface area contributed by atoms with Crippen molar-refractivity contribution >= 4 is 40.3 Å². The molecule has 17 atom stereocenters. The number of nitrogens with zero attached hydrogens (tertiary/aromatic N) is 1. The molecular formula is C53H97NO14SSi2. The van der Waals surface area contributed by atoms with Gasteiger partial charge in [0.25, 0.3) is 0 Å². The van der Waals surface area contributed by atoms with Crippen LogP contribution in [0.1, 0.15) is 122 Å². The van der Waals surface area contributed by atoms with E-state index < -0.39 is 108 Å². The zero-order valence-corrected chi connectivity index (χ0v) is 50.3. The summed E-state index contributed by atoms with van der Waals surface area (Å²) in [6.07, 6.45) is 2.42. The number of hydrogen-bond acceptors (Lipinski definition) is 16. The van der Waals surface area contributed by atoms with E-state index >= 15 is 0 Å². The third-order valence-corrected chi connectivity index (χ3v) is 25.1. The molecular weight excluding hydrogens is 963 g/mol. The lowest BCUT2D eigenvalue weighted by Gasteiger charge is -2.51. The first kappa shape index (κ1) is 62.3. The van der Waals surface area contributed by atoms with E-state index in [1.807, 2.05) is 71.2 Å².